The van der Waals surface area contributed by atoms with E-state index in [1.54, 1.807) is 0 Å². The summed E-state index contributed by atoms with van der Waals surface area (Å²) in [5.74, 6) is -0.839. The Balaban J connectivity index is 1.99. The number of piperidine rings is 1. The smallest absolute Gasteiger partial charge is 0.306 e. The molecule has 0 radical (unpaired) electrons. The Bertz CT molecular complexity index is 372. The Kier molecular flexibility index (Phi) is 3.63. The van der Waals surface area contributed by atoms with E-state index in [1.807, 2.05) is 18.3 Å². The van der Waals surface area contributed by atoms with Crippen molar-refractivity contribution in [2.75, 3.05) is 18.0 Å². The van der Waals surface area contributed by atoms with Gasteiger partial charge in [-0.05, 0) is 47.6 Å². The summed E-state index contributed by atoms with van der Waals surface area (Å²) < 4.78 is 0.974. The third kappa shape index (κ3) is 2.63. The zero-order valence-corrected chi connectivity index (χ0v) is 10.9. The van der Waals surface area contributed by atoms with Crippen molar-refractivity contribution >= 4 is 34.2 Å². The molecule has 2 rings (SSSR count). The van der Waals surface area contributed by atoms with Crippen molar-refractivity contribution < 1.29 is 9.90 Å². The number of hydrogen-bond acceptors (Lipinski definition) is 3. The second-order valence-electron chi connectivity index (χ2n) is 3.94. The molecule has 16 heavy (non-hydrogen) atoms. The molecule has 5 heteroatoms. The monoisotopic (exact) mass is 332 g/mol. The van der Waals surface area contributed by atoms with Crippen LogP contribution < -0.4 is 4.90 Å². The normalized spacial score (nSPS) is 17.4. The van der Waals surface area contributed by atoms with Gasteiger partial charge in [-0.25, -0.2) is 4.98 Å². The van der Waals surface area contributed by atoms with E-state index in [2.05, 4.69) is 32.5 Å². The molecule has 4 nitrogen and oxygen atoms in total. The first-order valence-electron chi connectivity index (χ1n) is 5.26. The van der Waals surface area contributed by atoms with E-state index in [-0.39, 0.29) is 5.92 Å². The maximum Gasteiger partial charge on any atom is 0.306 e. The average molecular weight is 332 g/mol. The van der Waals surface area contributed by atoms with Gasteiger partial charge in [0.15, 0.2) is 0 Å². The zero-order valence-electron chi connectivity index (χ0n) is 8.77. The highest BCUT2D eigenvalue weighted by Crippen LogP contribution is 2.23. The molecule has 1 aromatic rings. The Labute approximate surface area is 108 Å². The van der Waals surface area contributed by atoms with Crippen LogP contribution in [0.3, 0.4) is 0 Å². The van der Waals surface area contributed by atoms with Crippen LogP contribution in [-0.2, 0) is 4.79 Å². The van der Waals surface area contributed by atoms with Gasteiger partial charge in [0.25, 0.3) is 0 Å². The molecule has 0 amide bonds. The number of halogens is 1. The van der Waals surface area contributed by atoms with Gasteiger partial charge >= 0.3 is 5.97 Å². The molecule has 1 saturated heterocycles. The molecule has 0 bridgehead atoms. The Morgan fingerprint density at radius 1 is 1.44 bits per heavy atom. The summed E-state index contributed by atoms with van der Waals surface area (Å²) >= 11 is 2.17. The van der Waals surface area contributed by atoms with Crippen molar-refractivity contribution in [3.8, 4) is 0 Å². The van der Waals surface area contributed by atoms with Crippen LogP contribution in [0.1, 0.15) is 12.8 Å². The van der Waals surface area contributed by atoms with Crippen molar-refractivity contribution in [3.05, 3.63) is 22.0 Å². The first-order chi connectivity index (χ1) is 7.66. The lowest BCUT2D eigenvalue weighted by Crippen LogP contribution is -2.36. The van der Waals surface area contributed by atoms with E-state index in [0.717, 1.165) is 35.3 Å². The minimum absolute atomic E-state index is 0.173. The number of carbonyl (C=O) groups is 1. The van der Waals surface area contributed by atoms with Gasteiger partial charge in [0.2, 0.25) is 0 Å². The summed E-state index contributed by atoms with van der Waals surface area (Å²) in [6, 6.07) is 4.01. The number of anilines is 1. The van der Waals surface area contributed by atoms with Gasteiger partial charge < -0.3 is 10.0 Å². The molecule has 86 valence electrons. The van der Waals surface area contributed by atoms with Crippen molar-refractivity contribution in [2.24, 2.45) is 5.92 Å². The van der Waals surface area contributed by atoms with Gasteiger partial charge in [0.05, 0.1) is 17.8 Å². The number of aromatic nitrogens is 1. The van der Waals surface area contributed by atoms with Crippen LogP contribution in [0.2, 0.25) is 0 Å². The quantitative estimate of drug-likeness (QED) is 0.665. The van der Waals surface area contributed by atoms with Crippen molar-refractivity contribution in [3.63, 3.8) is 0 Å². The fourth-order valence-corrected chi connectivity index (χ4v) is 2.26. The number of rotatable bonds is 2. The average Bonchev–Trinajstić information content (AvgIpc) is 2.30. The lowest BCUT2D eigenvalue weighted by molar-refractivity contribution is -0.142. The summed E-state index contributed by atoms with van der Waals surface area (Å²) in [4.78, 5) is 17.2. The summed E-state index contributed by atoms with van der Waals surface area (Å²) in [6.07, 6.45) is 3.30. The summed E-state index contributed by atoms with van der Waals surface area (Å²) in [5.41, 5.74) is 1.09. The number of carboxylic acids is 1. The van der Waals surface area contributed by atoms with Crippen molar-refractivity contribution in [1.29, 1.82) is 0 Å². The van der Waals surface area contributed by atoms with E-state index >= 15 is 0 Å². The fraction of sp³-hybridized carbons (Fsp3) is 0.455. The number of aliphatic carboxylic acids is 1. The number of carboxylic acid groups (broad SMARTS) is 1. The molecule has 1 fully saturated rings. The van der Waals surface area contributed by atoms with Gasteiger partial charge in [0.1, 0.15) is 3.70 Å². The zero-order chi connectivity index (χ0) is 11.5. The Morgan fingerprint density at radius 2 is 2.12 bits per heavy atom. The predicted octanol–water partition coefficient (Wildman–Crippen LogP) is 1.99. The first-order valence-corrected chi connectivity index (χ1v) is 6.34. The minimum atomic E-state index is -0.666. The molecule has 0 unspecified atom stereocenters. The minimum Gasteiger partial charge on any atom is -0.481 e. The summed E-state index contributed by atoms with van der Waals surface area (Å²) in [6.45, 7) is 1.61. The predicted molar refractivity (Wildman–Crippen MR) is 69.5 cm³/mol. The van der Waals surface area contributed by atoms with Crippen molar-refractivity contribution in [1.82, 2.24) is 4.98 Å². The topological polar surface area (TPSA) is 53.4 Å². The van der Waals surface area contributed by atoms with Gasteiger partial charge in [-0.2, -0.15) is 0 Å². The molecule has 0 atom stereocenters. The molecular formula is C11H13IN2O2. The molecule has 0 saturated carbocycles. The van der Waals surface area contributed by atoms with Crippen molar-refractivity contribution in [2.45, 2.75) is 12.8 Å². The lowest BCUT2D eigenvalue weighted by atomic mass is 9.97. The van der Waals surface area contributed by atoms with E-state index < -0.39 is 5.97 Å². The van der Waals surface area contributed by atoms with Gasteiger partial charge in [0, 0.05) is 13.1 Å². The lowest BCUT2D eigenvalue weighted by Gasteiger charge is -2.31. The second kappa shape index (κ2) is 4.99. The maximum absolute atomic E-state index is 10.8. The first kappa shape index (κ1) is 11.6. The number of hydrogen-bond donors (Lipinski definition) is 1. The third-order valence-electron chi connectivity index (χ3n) is 2.92. The van der Waals surface area contributed by atoms with Crippen LogP contribution in [0.25, 0.3) is 0 Å². The van der Waals surface area contributed by atoms with E-state index in [9.17, 15) is 4.79 Å². The standard InChI is InChI=1S/C11H13IN2O2/c12-10-2-1-9(7-13-10)14-5-3-8(4-6-14)11(15)16/h1-2,7-8H,3-6H2,(H,15,16). The summed E-state index contributed by atoms with van der Waals surface area (Å²) in [5, 5.41) is 8.90. The number of nitrogens with zero attached hydrogens (tertiary/aromatic N) is 2. The highest BCUT2D eigenvalue weighted by Gasteiger charge is 2.24. The molecule has 1 aromatic heterocycles. The highest BCUT2D eigenvalue weighted by molar-refractivity contribution is 14.1. The summed E-state index contributed by atoms with van der Waals surface area (Å²) in [7, 11) is 0. The van der Waals surface area contributed by atoms with Crippen LogP contribution in [-0.4, -0.2) is 29.1 Å². The van der Waals surface area contributed by atoms with Crippen LogP contribution in [0.5, 0.6) is 0 Å². The molecule has 1 aliphatic rings. The van der Waals surface area contributed by atoms with Crippen LogP contribution in [0.15, 0.2) is 18.3 Å². The van der Waals surface area contributed by atoms with Gasteiger partial charge in [-0.3, -0.25) is 4.79 Å². The van der Waals surface area contributed by atoms with E-state index in [1.165, 1.54) is 0 Å². The van der Waals surface area contributed by atoms with Gasteiger partial charge in [-0.1, -0.05) is 0 Å². The third-order valence-corrected chi connectivity index (χ3v) is 3.56. The second-order valence-corrected chi connectivity index (χ2v) is 5.04. The van der Waals surface area contributed by atoms with E-state index in [4.69, 9.17) is 5.11 Å². The van der Waals surface area contributed by atoms with Crippen LogP contribution in [0, 0.1) is 9.62 Å². The molecule has 0 aliphatic carbocycles. The molecule has 2 heterocycles. The molecule has 0 aromatic carbocycles. The van der Waals surface area contributed by atoms with E-state index in [0.29, 0.717) is 0 Å². The maximum atomic E-state index is 10.8. The largest absolute Gasteiger partial charge is 0.481 e. The van der Waals surface area contributed by atoms with Crippen LogP contribution >= 0.6 is 22.6 Å². The molecular weight excluding hydrogens is 319 g/mol. The highest BCUT2D eigenvalue weighted by atomic mass is 127. The molecule has 0 spiro atoms. The van der Waals surface area contributed by atoms with Gasteiger partial charge in [-0.15, -0.1) is 0 Å². The number of pyridine rings is 1. The Hall–Kier alpha value is -0.850. The van der Waals surface area contributed by atoms with Crippen LogP contribution in [0.4, 0.5) is 5.69 Å². The molecule has 1 aliphatic heterocycles. The Morgan fingerprint density at radius 3 is 2.62 bits per heavy atom. The fourth-order valence-electron chi connectivity index (χ4n) is 1.94. The SMILES string of the molecule is O=C(O)C1CCN(c2ccc(I)nc2)CC1. The molecule has 1 N–H and O–H groups in total.